The number of nitrogens with zero attached hydrogens (tertiary/aromatic N) is 1. The molecule has 1 amide bonds. The standard InChI is InChI=1S/C27H17Cl3N2O4/c1-35-25-18(26(33)31-36-27(34)24-19(29)9-6-10-20(24)30)13-15(28)14-23(25)32-21-11-4-2-7-16(21)17-8-3-5-12-22(17)32/h2-14H,1H3,(H,31,33). The van der Waals surface area contributed by atoms with Crippen molar-refractivity contribution in [2.45, 2.75) is 0 Å². The Morgan fingerprint density at radius 3 is 1.97 bits per heavy atom. The van der Waals surface area contributed by atoms with Gasteiger partial charge in [0.1, 0.15) is 0 Å². The molecular formula is C27H17Cl3N2O4. The second-order valence-electron chi connectivity index (χ2n) is 7.79. The van der Waals surface area contributed by atoms with Crippen molar-refractivity contribution in [2.75, 3.05) is 7.11 Å². The third-order valence-electron chi connectivity index (χ3n) is 5.71. The van der Waals surface area contributed by atoms with Crippen molar-refractivity contribution in [1.29, 1.82) is 0 Å². The zero-order chi connectivity index (χ0) is 25.4. The van der Waals surface area contributed by atoms with E-state index in [-0.39, 0.29) is 26.9 Å². The number of nitrogens with one attached hydrogen (secondary N) is 1. The number of hydrogen-bond donors (Lipinski definition) is 1. The molecule has 0 spiro atoms. The largest absolute Gasteiger partial charge is 0.494 e. The maximum absolute atomic E-state index is 13.1. The van der Waals surface area contributed by atoms with Gasteiger partial charge in [-0.1, -0.05) is 77.3 Å². The Morgan fingerprint density at radius 1 is 0.806 bits per heavy atom. The molecule has 1 N–H and O–H groups in total. The van der Waals surface area contributed by atoms with E-state index in [4.69, 9.17) is 44.4 Å². The lowest BCUT2D eigenvalue weighted by Crippen LogP contribution is -2.28. The van der Waals surface area contributed by atoms with Crippen LogP contribution in [-0.4, -0.2) is 23.6 Å². The normalized spacial score (nSPS) is 11.0. The topological polar surface area (TPSA) is 69.6 Å². The predicted octanol–water partition coefficient (Wildman–Crippen LogP) is 7.25. The first-order valence-electron chi connectivity index (χ1n) is 10.7. The lowest BCUT2D eigenvalue weighted by atomic mass is 10.1. The van der Waals surface area contributed by atoms with Gasteiger partial charge in [-0.15, -0.1) is 0 Å². The number of fused-ring (bicyclic) bond motifs is 3. The number of carbonyl (C=O) groups excluding carboxylic acids is 2. The van der Waals surface area contributed by atoms with Crippen molar-refractivity contribution in [2.24, 2.45) is 0 Å². The highest BCUT2D eigenvalue weighted by Crippen LogP contribution is 2.38. The maximum atomic E-state index is 13.1. The number of ether oxygens (including phenoxy) is 1. The number of hydroxylamine groups is 1. The number of rotatable bonds is 4. The minimum Gasteiger partial charge on any atom is -0.494 e. The highest BCUT2D eigenvalue weighted by atomic mass is 35.5. The zero-order valence-electron chi connectivity index (χ0n) is 18.7. The van der Waals surface area contributed by atoms with Crippen molar-refractivity contribution in [1.82, 2.24) is 10.0 Å². The molecule has 6 nitrogen and oxygen atoms in total. The molecule has 1 heterocycles. The Hall–Kier alpha value is -3.71. The van der Waals surface area contributed by atoms with E-state index >= 15 is 0 Å². The van der Waals surface area contributed by atoms with Gasteiger partial charge in [-0.05, 0) is 36.4 Å². The molecule has 180 valence electrons. The van der Waals surface area contributed by atoms with E-state index in [9.17, 15) is 9.59 Å². The van der Waals surface area contributed by atoms with Crippen molar-refractivity contribution >= 4 is 68.5 Å². The van der Waals surface area contributed by atoms with Gasteiger partial charge >= 0.3 is 5.97 Å². The minimum absolute atomic E-state index is 0.0647. The fraction of sp³-hybridized carbons (Fsp3) is 0.0370. The summed E-state index contributed by atoms with van der Waals surface area (Å²) in [4.78, 5) is 30.7. The third-order valence-corrected chi connectivity index (χ3v) is 6.56. The fourth-order valence-corrected chi connectivity index (χ4v) is 4.97. The molecular weight excluding hydrogens is 523 g/mol. The van der Waals surface area contributed by atoms with Crippen LogP contribution in [0.1, 0.15) is 20.7 Å². The van der Waals surface area contributed by atoms with Crippen molar-refractivity contribution in [3.63, 3.8) is 0 Å². The first kappa shape index (κ1) is 24.0. The third kappa shape index (κ3) is 4.13. The monoisotopic (exact) mass is 538 g/mol. The van der Waals surface area contributed by atoms with Gasteiger partial charge in [-0.3, -0.25) is 4.79 Å². The van der Waals surface area contributed by atoms with Gasteiger partial charge in [0.15, 0.2) is 5.75 Å². The fourth-order valence-electron chi connectivity index (χ4n) is 4.20. The van der Waals surface area contributed by atoms with E-state index < -0.39 is 11.9 Å². The quantitative estimate of drug-likeness (QED) is 0.244. The summed E-state index contributed by atoms with van der Waals surface area (Å²) in [5.41, 5.74) is 4.52. The van der Waals surface area contributed by atoms with Crippen molar-refractivity contribution < 1.29 is 19.2 Å². The van der Waals surface area contributed by atoms with Crippen LogP contribution in [0.4, 0.5) is 0 Å². The molecule has 0 saturated carbocycles. The minimum atomic E-state index is -0.914. The number of methoxy groups -OCH3 is 1. The number of amides is 1. The van der Waals surface area contributed by atoms with Crippen LogP contribution in [0.15, 0.2) is 78.9 Å². The molecule has 36 heavy (non-hydrogen) atoms. The summed E-state index contributed by atoms with van der Waals surface area (Å²) in [5.74, 6) is -1.41. The molecule has 0 fully saturated rings. The molecule has 0 aliphatic rings. The van der Waals surface area contributed by atoms with Crippen molar-refractivity contribution in [3.8, 4) is 11.4 Å². The van der Waals surface area contributed by atoms with Crippen LogP contribution in [0.25, 0.3) is 27.5 Å². The average molecular weight is 540 g/mol. The van der Waals surface area contributed by atoms with Gasteiger partial charge in [-0.2, -0.15) is 5.48 Å². The molecule has 0 radical (unpaired) electrons. The molecule has 1 aromatic heterocycles. The summed E-state index contributed by atoms with van der Waals surface area (Å²) in [5, 5.41) is 2.54. The van der Waals surface area contributed by atoms with Gasteiger partial charge < -0.3 is 14.1 Å². The van der Waals surface area contributed by atoms with Gasteiger partial charge in [0.25, 0.3) is 5.91 Å². The van der Waals surface area contributed by atoms with E-state index in [1.165, 1.54) is 25.3 Å². The van der Waals surface area contributed by atoms with Crippen LogP contribution in [0, 0.1) is 0 Å². The zero-order valence-corrected chi connectivity index (χ0v) is 21.0. The number of para-hydroxylation sites is 2. The highest BCUT2D eigenvalue weighted by Gasteiger charge is 2.24. The van der Waals surface area contributed by atoms with Crippen LogP contribution in [0.3, 0.4) is 0 Å². The van der Waals surface area contributed by atoms with Gasteiger partial charge in [-0.25, -0.2) is 4.79 Å². The maximum Gasteiger partial charge on any atom is 0.365 e. The molecule has 0 aliphatic carbocycles. The number of benzene rings is 4. The molecule has 4 aromatic carbocycles. The number of carbonyl (C=O) groups is 2. The van der Waals surface area contributed by atoms with Crippen LogP contribution in [-0.2, 0) is 4.84 Å². The summed E-state index contributed by atoms with van der Waals surface area (Å²) in [6.45, 7) is 0. The van der Waals surface area contributed by atoms with Crippen molar-refractivity contribution in [3.05, 3.63) is 105 Å². The smallest absolute Gasteiger partial charge is 0.365 e. The average Bonchev–Trinajstić information content (AvgIpc) is 3.21. The molecule has 0 unspecified atom stereocenters. The summed E-state index contributed by atoms with van der Waals surface area (Å²) in [6, 6.07) is 23.5. The van der Waals surface area contributed by atoms with Gasteiger partial charge in [0.05, 0.1) is 45.0 Å². The van der Waals surface area contributed by atoms with E-state index in [0.29, 0.717) is 10.7 Å². The summed E-state index contributed by atoms with van der Waals surface area (Å²) in [7, 11) is 1.45. The summed E-state index contributed by atoms with van der Waals surface area (Å²) < 4.78 is 7.65. The highest BCUT2D eigenvalue weighted by molar-refractivity contribution is 6.39. The number of aromatic nitrogens is 1. The number of hydrogen-bond acceptors (Lipinski definition) is 4. The molecule has 0 atom stereocenters. The van der Waals surface area contributed by atoms with Gasteiger partial charge in [0, 0.05) is 15.8 Å². The molecule has 5 aromatic rings. The van der Waals surface area contributed by atoms with Gasteiger partial charge in [0.2, 0.25) is 0 Å². The van der Waals surface area contributed by atoms with Crippen LogP contribution < -0.4 is 10.2 Å². The Labute approximate surface area is 220 Å². The lowest BCUT2D eigenvalue weighted by molar-refractivity contribution is 0.0229. The second kappa shape index (κ2) is 9.74. The Balaban J connectivity index is 1.57. The SMILES string of the molecule is COc1c(C(=O)NOC(=O)c2c(Cl)cccc2Cl)cc(Cl)cc1-n1c2ccccc2c2ccccc21. The predicted molar refractivity (Wildman–Crippen MR) is 142 cm³/mol. The lowest BCUT2D eigenvalue weighted by Gasteiger charge is -2.17. The summed E-state index contributed by atoms with van der Waals surface area (Å²) in [6.07, 6.45) is 0. The van der Waals surface area contributed by atoms with E-state index in [0.717, 1.165) is 21.8 Å². The van der Waals surface area contributed by atoms with Crippen LogP contribution in [0.2, 0.25) is 15.1 Å². The Bertz CT molecular complexity index is 1590. The second-order valence-corrected chi connectivity index (χ2v) is 9.04. The molecule has 0 aliphatic heterocycles. The molecule has 0 saturated heterocycles. The van der Waals surface area contributed by atoms with E-state index in [1.807, 2.05) is 53.1 Å². The Morgan fingerprint density at radius 2 is 1.39 bits per heavy atom. The first-order valence-corrected chi connectivity index (χ1v) is 11.9. The van der Waals surface area contributed by atoms with E-state index in [1.54, 1.807) is 12.1 Å². The van der Waals surface area contributed by atoms with E-state index in [2.05, 4.69) is 5.48 Å². The Kier molecular flexibility index (Phi) is 6.49. The van der Waals surface area contributed by atoms with Crippen LogP contribution >= 0.6 is 34.8 Å². The molecule has 9 heteroatoms. The molecule has 0 bridgehead atoms. The summed E-state index contributed by atoms with van der Waals surface area (Å²) >= 11 is 18.6. The number of halogens is 3. The first-order chi connectivity index (χ1) is 17.4. The molecule has 5 rings (SSSR count). The van der Waals surface area contributed by atoms with Crippen LogP contribution in [0.5, 0.6) is 5.75 Å².